The van der Waals surface area contributed by atoms with Gasteiger partial charge in [-0.05, 0) is 92.2 Å². The first-order valence-corrected chi connectivity index (χ1v) is 11.1. The van der Waals surface area contributed by atoms with Crippen molar-refractivity contribution in [2.45, 2.75) is 51.9 Å². The second kappa shape index (κ2) is 7.80. The van der Waals surface area contributed by atoms with Gasteiger partial charge in [-0.1, -0.05) is 24.3 Å². The van der Waals surface area contributed by atoms with Crippen molar-refractivity contribution in [1.29, 1.82) is 0 Å². The molecule has 0 unspecified atom stereocenters. The Morgan fingerprint density at radius 1 is 1.19 bits per heavy atom. The van der Waals surface area contributed by atoms with E-state index in [2.05, 4.69) is 24.0 Å². The smallest absolute Gasteiger partial charge is 0.123 e. The summed E-state index contributed by atoms with van der Waals surface area (Å²) >= 11 is 2.02. The van der Waals surface area contributed by atoms with Gasteiger partial charge < -0.3 is 4.90 Å². The van der Waals surface area contributed by atoms with Crippen molar-refractivity contribution in [3.05, 3.63) is 58.4 Å². The first-order chi connectivity index (χ1) is 12.6. The molecule has 0 spiro atoms. The molecule has 0 radical (unpaired) electrons. The van der Waals surface area contributed by atoms with Gasteiger partial charge >= 0.3 is 0 Å². The minimum absolute atomic E-state index is 0.144. The van der Waals surface area contributed by atoms with E-state index in [4.69, 9.17) is 0 Å². The molecule has 3 heteroatoms. The highest BCUT2D eigenvalue weighted by molar-refractivity contribution is 8.03. The fraction of sp³-hybridized carbons (Fsp3) is 0.565. The predicted octanol–water partition coefficient (Wildman–Crippen LogP) is 6.18. The van der Waals surface area contributed by atoms with E-state index in [1.807, 2.05) is 23.9 Å². The van der Waals surface area contributed by atoms with E-state index in [0.29, 0.717) is 5.41 Å². The van der Waals surface area contributed by atoms with Crippen LogP contribution in [-0.2, 0) is 6.42 Å². The summed E-state index contributed by atoms with van der Waals surface area (Å²) in [5.74, 6) is 2.01. The highest BCUT2D eigenvalue weighted by Gasteiger charge is 2.45. The molecule has 1 aliphatic heterocycles. The summed E-state index contributed by atoms with van der Waals surface area (Å²) < 4.78 is 13.0. The molecule has 1 heterocycles. The number of hydrogen-bond donors (Lipinski definition) is 0. The first kappa shape index (κ1) is 18.2. The Bertz CT molecular complexity index is 683. The van der Waals surface area contributed by atoms with Crippen LogP contribution in [0.15, 0.2) is 47.0 Å². The molecule has 26 heavy (non-hydrogen) atoms. The Morgan fingerprint density at radius 2 is 1.96 bits per heavy atom. The lowest BCUT2D eigenvalue weighted by Crippen LogP contribution is -2.36. The topological polar surface area (TPSA) is 3.24 Å². The number of aryl methyl sites for hydroxylation is 1. The van der Waals surface area contributed by atoms with E-state index in [9.17, 15) is 4.39 Å². The van der Waals surface area contributed by atoms with Crippen molar-refractivity contribution in [3.8, 4) is 0 Å². The average molecular weight is 372 g/mol. The molecule has 2 bridgehead atoms. The van der Waals surface area contributed by atoms with Crippen LogP contribution in [0, 0.1) is 17.2 Å². The van der Waals surface area contributed by atoms with Crippen LogP contribution in [0.1, 0.15) is 51.0 Å². The Balaban J connectivity index is 1.32. The van der Waals surface area contributed by atoms with E-state index < -0.39 is 0 Å². The van der Waals surface area contributed by atoms with Crippen LogP contribution in [0.4, 0.5) is 4.39 Å². The average Bonchev–Trinajstić information content (AvgIpc) is 3.22. The van der Waals surface area contributed by atoms with Crippen LogP contribution in [-0.4, -0.2) is 23.7 Å². The normalized spacial score (nSPS) is 27.6. The minimum atomic E-state index is -0.144. The number of thioether (sulfide) groups is 1. The fourth-order valence-electron chi connectivity index (χ4n) is 5.14. The molecule has 1 nitrogen and oxygen atoms in total. The van der Waals surface area contributed by atoms with E-state index in [1.54, 1.807) is 12.1 Å². The summed E-state index contributed by atoms with van der Waals surface area (Å²) in [5, 5.41) is 1.50. The highest BCUT2D eigenvalue weighted by Crippen LogP contribution is 2.55. The maximum Gasteiger partial charge on any atom is 0.123 e. The van der Waals surface area contributed by atoms with Crippen molar-refractivity contribution in [2.24, 2.45) is 11.3 Å². The van der Waals surface area contributed by atoms with Gasteiger partial charge in [-0.15, -0.1) is 11.8 Å². The molecule has 3 aliphatic rings. The third-order valence-electron chi connectivity index (χ3n) is 6.49. The molecule has 4 rings (SSSR count). The molecule has 1 aromatic carbocycles. The maximum atomic E-state index is 13.0. The highest BCUT2D eigenvalue weighted by atomic mass is 32.2. The molecule has 2 aliphatic carbocycles. The number of hydrogen-bond acceptors (Lipinski definition) is 2. The molecule has 1 aromatic rings. The minimum Gasteiger partial charge on any atom is -0.362 e. The molecule has 0 atom stereocenters. The Labute approximate surface area is 161 Å². The summed E-state index contributed by atoms with van der Waals surface area (Å²) in [5.41, 5.74) is 3.27. The van der Waals surface area contributed by atoms with Crippen LogP contribution in [0.2, 0.25) is 0 Å². The number of allylic oxidation sites excluding steroid dienone is 2. The van der Waals surface area contributed by atoms with Gasteiger partial charge in [0.25, 0.3) is 0 Å². The first-order valence-electron chi connectivity index (χ1n) is 10.1. The van der Waals surface area contributed by atoms with Gasteiger partial charge in [0.05, 0.1) is 5.03 Å². The lowest BCUT2D eigenvalue weighted by Gasteiger charge is -2.38. The summed E-state index contributed by atoms with van der Waals surface area (Å²) in [6, 6.07) is 6.96. The predicted molar refractivity (Wildman–Crippen MR) is 110 cm³/mol. The molecular formula is C23H30FNS. The molecule has 2 saturated carbocycles. The maximum absolute atomic E-state index is 13.0. The number of halogens is 1. The largest absolute Gasteiger partial charge is 0.362 e. The van der Waals surface area contributed by atoms with Crippen molar-refractivity contribution in [3.63, 3.8) is 0 Å². The Morgan fingerprint density at radius 3 is 2.65 bits per heavy atom. The second-order valence-electron chi connectivity index (χ2n) is 8.50. The van der Waals surface area contributed by atoms with Crippen LogP contribution in [0.25, 0.3) is 0 Å². The third kappa shape index (κ3) is 4.03. The molecule has 2 fully saturated rings. The quantitative estimate of drug-likeness (QED) is 0.527. The van der Waals surface area contributed by atoms with E-state index in [0.717, 1.165) is 31.1 Å². The number of benzene rings is 1. The van der Waals surface area contributed by atoms with E-state index in [1.165, 1.54) is 54.8 Å². The van der Waals surface area contributed by atoms with Crippen LogP contribution in [0.3, 0.4) is 0 Å². The fourth-order valence-corrected chi connectivity index (χ4v) is 6.24. The van der Waals surface area contributed by atoms with E-state index >= 15 is 0 Å². The zero-order valence-corrected chi connectivity index (χ0v) is 16.7. The molecule has 0 aromatic heterocycles. The van der Waals surface area contributed by atoms with Gasteiger partial charge in [-0.2, -0.15) is 0 Å². The third-order valence-corrected chi connectivity index (χ3v) is 7.84. The standard InChI is InChI=1S/C23H30FNS/c1-18-4-2-14-25(17-23-12-10-20(16-23)11-13-23)22(18)26-15-3-5-19-6-8-21(24)9-7-19/h2,4,6-9,20H,3,5,10-17H2,1H3. The lowest BCUT2D eigenvalue weighted by atomic mass is 9.83. The summed E-state index contributed by atoms with van der Waals surface area (Å²) in [4.78, 5) is 2.66. The SMILES string of the molecule is CC1=C(SCCCc2ccc(F)cc2)N(CC23CCC(CC2)C3)CC=C1. The van der Waals surface area contributed by atoms with Gasteiger partial charge in [0.1, 0.15) is 5.82 Å². The summed E-state index contributed by atoms with van der Waals surface area (Å²) in [6.07, 6.45) is 14.1. The number of fused-ring (bicyclic) bond motifs is 2. The van der Waals surface area contributed by atoms with Gasteiger partial charge in [-0.3, -0.25) is 0 Å². The van der Waals surface area contributed by atoms with Crippen molar-refractivity contribution in [1.82, 2.24) is 4.90 Å². The van der Waals surface area contributed by atoms with Crippen LogP contribution < -0.4 is 0 Å². The van der Waals surface area contributed by atoms with Crippen LogP contribution >= 0.6 is 11.8 Å². The van der Waals surface area contributed by atoms with Gasteiger partial charge in [0.15, 0.2) is 0 Å². The molecule has 0 saturated heterocycles. The molecule has 140 valence electrons. The number of nitrogens with zero attached hydrogens (tertiary/aromatic N) is 1. The monoisotopic (exact) mass is 371 g/mol. The van der Waals surface area contributed by atoms with Crippen molar-refractivity contribution >= 4 is 11.8 Å². The molecule has 0 N–H and O–H groups in total. The zero-order chi connectivity index (χ0) is 18.0. The van der Waals surface area contributed by atoms with Crippen LogP contribution in [0.5, 0.6) is 0 Å². The van der Waals surface area contributed by atoms with Crippen molar-refractivity contribution in [2.75, 3.05) is 18.8 Å². The van der Waals surface area contributed by atoms with Crippen molar-refractivity contribution < 1.29 is 4.39 Å². The lowest BCUT2D eigenvalue weighted by molar-refractivity contribution is 0.201. The molecular weight excluding hydrogens is 341 g/mol. The van der Waals surface area contributed by atoms with Gasteiger partial charge in [-0.25, -0.2) is 4.39 Å². The Kier molecular flexibility index (Phi) is 5.45. The number of rotatable bonds is 7. The summed E-state index contributed by atoms with van der Waals surface area (Å²) in [6.45, 7) is 4.59. The zero-order valence-electron chi connectivity index (χ0n) is 15.8. The summed E-state index contributed by atoms with van der Waals surface area (Å²) in [7, 11) is 0. The van der Waals surface area contributed by atoms with Gasteiger partial charge in [0.2, 0.25) is 0 Å². The Hall–Kier alpha value is -1.22. The second-order valence-corrected chi connectivity index (χ2v) is 9.58. The molecule has 0 amide bonds. The van der Waals surface area contributed by atoms with Gasteiger partial charge in [0, 0.05) is 13.1 Å². The van der Waals surface area contributed by atoms with E-state index in [-0.39, 0.29) is 5.82 Å².